The van der Waals surface area contributed by atoms with E-state index in [9.17, 15) is 4.79 Å². The molecular formula is C15H18N2O3S. The van der Waals surface area contributed by atoms with Gasteiger partial charge in [0.05, 0.1) is 25.8 Å². The molecule has 0 atom stereocenters. The number of esters is 1. The first-order chi connectivity index (χ1) is 10.2. The van der Waals surface area contributed by atoms with Crippen LogP contribution in [0, 0.1) is 0 Å². The Morgan fingerprint density at radius 3 is 2.76 bits per heavy atom. The van der Waals surface area contributed by atoms with E-state index in [0.29, 0.717) is 19.4 Å². The van der Waals surface area contributed by atoms with Crippen LogP contribution in [0.15, 0.2) is 29.6 Å². The summed E-state index contributed by atoms with van der Waals surface area (Å²) in [7, 11) is 1.39. The van der Waals surface area contributed by atoms with E-state index in [-0.39, 0.29) is 5.97 Å². The minimum Gasteiger partial charge on any atom is -0.494 e. The number of anilines is 2. The second-order valence-corrected chi connectivity index (χ2v) is 5.16. The van der Waals surface area contributed by atoms with Crippen molar-refractivity contribution >= 4 is 28.1 Å². The highest BCUT2D eigenvalue weighted by molar-refractivity contribution is 7.13. The fourth-order valence-corrected chi connectivity index (χ4v) is 2.50. The zero-order valence-corrected chi connectivity index (χ0v) is 12.9. The fraction of sp³-hybridized carbons (Fsp3) is 0.333. The van der Waals surface area contributed by atoms with Gasteiger partial charge in [-0.15, -0.1) is 11.3 Å². The van der Waals surface area contributed by atoms with Crippen LogP contribution >= 0.6 is 11.3 Å². The van der Waals surface area contributed by atoms with Crippen molar-refractivity contribution in [2.24, 2.45) is 0 Å². The Morgan fingerprint density at radius 1 is 1.33 bits per heavy atom. The van der Waals surface area contributed by atoms with Gasteiger partial charge in [-0.3, -0.25) is 4.79 Å². The molecular weight excluding hydrogens is 288 g/mol. The number of carbonyl (C=O) groups is 1. The van der Waals surface area contributed by atoms with Crippen molar-refractivity contribution in [1.82, 2.24) is 4.98 Å². The number of benzene rings is 1. The van der Waals surface area contributed by atoms with Gasteiger partial charge in [-0.1, -0.05) is 0 Å². The van der Waals surface area contributed by atoms with Crippen molar-refractivity contribution in [3.63, 3.8) is 0 Å². The van der Waals surface area contributed by atoms with E-state index in [2.05, 4.69) is 15.0 Å². The molecule has 0 saturated carbocycles. The summed E-state index contributed by atoms with van der Waals surface area (Å²) in [6.45, 7) is 2.61. The number of aromatic nitrogens is 1. The van der Waals surface area contributed by atoms with Gasteiger partial charge >= 0.3 is 5.97 Å². The largest absolute Gasteiger partial charge is 0.494 e. The van der Waals surface area contributed by atoms with Crippen LogP contribution in [-0.4, -0.2) is 24.7 Å². The van der Waals surface area contributed by atoms with E-state index in [1.807, 2.05) is 36.6 Å². The lowest BCUT2D eigenvalue weighted by Gasteiger charge is -2.05. The molecule has 0 spiro atoms. The van der Waals surface area contributed by atoms with E-state index < -0.39 is 0 Å². The summed E-state index contributed by atoms with van der Waals surface area (Å²) in [6, 6.07) is 7.72. The number of thiazole rings is 1. The summed E-state index contributed by atoms with van der Waals surface area (Å²) in [5.41, 5.74) is 1.84. The van der Waals surface area contributed by atoms with Gasteiger partial charge in [0.25, 0.3) is 0 Å². The molecule has 0 radical (unpaired) electrons. The maximum Gasteiger partial charge on any atom is 0.305 e. The molecule has 0 aliphatic carbocycles. The first kappa shape index (κ1) is 15.3. The lowest BCUT2D eigenvalue weighted by atomic mass is 10.2. The van der Waals surface area contributed by atoms with Crippen LogP contribution in [0.5, 0.6) is 5.75 Å². The topological polar surface area (TPSA) is 60.5 Å². The zero-order valence-electron chi connectivity index (χ0n) is 12.1. The molecule has 0 unspecified atom stereocenters. The van der Waals surface area contributed by atoms with E-state index in [1.54, 1.807) is 0 Å². The van der Waals surface area contributed by atoms with Gasteiger partial charge < -0.3 is 14.8 Å². The highest BCUT2D eigenvalue weighted by Gasteiger charge is 2.06. The van der Waals surface area contributed by atoms with Crippen LogP contribution in [0.2, 0.25) is 0 Å². The van der Waals surface area contributed by atoms with Gasteiger partial charge in [0.1, 0.15) is 5.75 Å². The number of rotatable bonds is 7. The molecule has 1 N–H and O–H groups in total. The van der Waals surface area contributed by atoms with Gasteiger partial charge in [-0.25, -0.2) is 4.98 Å². The van der Waals surface area contributed by atoms with Crippen LogP contribution in [0.25, 0.3) is 0 Å². The quantitative estimate of drug-likeness (QED) is 0.795. The lowest BCUT2D eigenvalue weighted by Crippen LogP contribution is -2.02. The van der Waals surface area contributed by atoms with Crippen molar-refractivity contribution in [2.75, 3.05) is 19.0 Å². The molecule has 21 heavy (non-hydrogen) atoms. The average Bonchev–Trinajstić information content (AvgIpc) is 2.94. The Labute approximate surface area is 127 Å². The van der Waals surface area contributed by atoms with Crippen LogP contribution in [0.4, 0.5) is 10.8 Å². The number of aryl methyl sites for hydroxylation is 1. The highest BCUT2D eigenvalue weighted by Crippen LogP contribution is 2.23. The van der Waals surface area contributed by atoms with Gasteiger partial charge in [-0.05, 0) is 31.2 Å². The summed E-state index contributed by atoms with van der Waals surface area (Å²) in [4.78, 5) is 15.5. The van der Waals surface area contributed by atoms with Crippen LogP contribution in [-0.2, 0) is 16.0 Å². The van der Waals surface area contributed by atoms with E-state index in [0.717, 1.165) is 22.3 Å². The molecule has 2 aromatic rings. The number of hydrogen-bond acceptors (Lipinski definition) is 6. The van der Waals surface area contributed by atoms with Crippen molar-refractivity contribution < 1.29 is 14.3 Å². The third-order valence-electron chi connectivity index (χ3n) is 2.78. The van der Waals surface area contributed by atoms with Crippen molar-refractivity contribution in [3.05, 3.63) is 35.3 Å². The molecule has 0 amide bonds. The maximum atomic E-state index is 11.1. The molecule has 2 rings (SSSR count). The van der Waals surface area contributed by atoms with Gasteiger partial charge in [0.2, 0.25) is 0 Å². The van der Waals surface area contributed by atoms with Gasteiger partial charge in [0, 0.05) is 17.5 Å². The van der Waals surface area contributed by atoms with E-state index in [4.69, 9.17) is 4.74 Å². The Kier molecular flexibility index (Phi) is 5.57. The normalized spacial score (nSPS) is 10.2. The molecule has 6 heteroatoms. The van der Waals surface area contributed by atoms with Crippen molar-refractivity contribution in [1.29, 1.82) is 0 Å². The molecule has 0 aliphatic heterocycles. The predicted octanol–water partition coefficient (Wildman–Crippen LogP) is 3.39. The number of nitrogens with one attached hydrogen (secondary N) is 1. The minimum absolute atomic E-state index is 0.218. The zero-order chi connectivity index (χ0) is 15.1. The van der Waals surface area contributed by atoms with Crippen LogP contribution in [0.3, 0.4) is 0 Å². The second-order valence-electron chi connectivity index (χ2n) is 4.30. The molecule has 1 heterocycles. The fourth-order valence-electron chi connectivity index (χ4n) is 1.74. The average molecular weight is 306 g/mol. The Morgan fingerprint density at radius 2 is 2.10 bits per heavy atom. The molecule has 0 saturated heterocycles. The predicted molar refractivity (Wildman–Crippen MR) is 83.3 cm³/mol. The molecule has 5 nitrogen and oxygen atoms in total. The monoisotopic (exact) mass is 306 g/mol. The van der Waals surface area contributed by atoms with Crippen molar-refractivity contribution in [3.8, 4) is 5.75 Å². The number of hydrogen-bond donors (Lipinski definition) is 1. The summed E-state index contributed by atoms with van der Waals surface area (Å²) < 4.78 is 10.0. The summed E-state index contributed by atoms with van der Waals surface area (Å²) in [6.07, 6.45) is 0.941. The lowest BCUT2D eigenvalue weighted by molar-refractivity contribution is -0.140. The van der Waals surface area contributed by atoms with Crippen LogP contribution in [0.1, 0.15) is 19.0 Å². The third-order valence-corrected chi connectivity index (χ3v) is 3.59. The molecule has 1 aromatic carbocycles. The van der Waals surface area contributed by atoms with E-state index >= 15 is 0 Å². The number of methoxy groups -OCH3 is 1. The van der Waals surface area contributed by atoms with Crippen LogP contribution < -0.4 is 10.1 Å². The smallest absolute Gasteiger partial charge is 0.305 e. The SMILES string of the molecule is CCOc1ccc(Nc2nc(CCC(=O)OC)cs2)cc1. The van der Waals surface area contributed by atoms with Gasteiger partial charge in [0.15, 0.2) is 5.13 Å². The number of nitrogens with zero attached hydrogens (tertiary/aromatic N) is 1. The van der Waals surface area contributed by atoms with E-state index in [1.165, 1.54) is 18.4 Å². The minimum atomic E-state index is -0.218. The Hall–Kier alpha value is -2.08. The Bertz CT molecular complexity index is 581. The Balaban J connectivity index is 1.91. The summed E-state index contributed by atoms with van der Waals surface area (Å²) >= 11 is 1.51. The standard InChI is InChI=1S/C15H18N2O3S/c1-3-20-13-7-4-11(5-8-13)16-15-17-12(10-21-15)6-9-14(18)19-2/h4-5,7-8,10H,3,6,9H2,1-2H3,(H,16,17). The number of ether oxygens (including phenoxy) is 2. The molecule has 112 valence electrons. The first-order valence-corrected chi connectivity index (χ1v) is 7.60. The summed E-state index contributed by atoms with van der Waals surface area (Å²) in [5.74, 6) is 0.630. The number of carbonyl (C=O) groups excluding carboxylic acids is 1. The maximum absolute atomic E-state index is 11.1. The second kappa shape index (κ2) is 7.64. The molecule has 0 bridgehead atoms. The molecule has 0 aliphatic rings. The molecule has 0 fully saturated rings. The third kappa shape index (κ3) is 4.75. The highest BCUT2D eigenvalue weighted by atomic mass is 32.1. The summed E-state index contributed by atoms with van der Waals surface area (Å²) in [5, 5.41) is 5.98. The molecule has 1 aromatic heterocycles. The van der Waals surface area contributed by atoms with Gasteiger partial charge in [-0.2, -0.15) is 0 Å². The first-order valence-electron chi connectivity index (χ1n) is 6.72. The van der Waals surface area contributed by atoms with Crippen molar-refractivity contribution in [2.45, 2.75) is 19.8 Å².